The van der Waals surface area contributed by atoms with Crippen molar-refractivity contribution in [1.82, 2.24) is 10.0 Å². The van der Waals surface area contributed by atoms with E-state index < -0.39 is 10.0 Å². The van der Waals surface area contributed by atoms with Crippen LogP contribution >= 0.6 is 0 Å². The summed E-state index contributed by atoms with van der Waals surface area (Å²) in [6, 6.07) is 8.65. The Hall–Kier alpha value is -0.910. The SMILES string of the molecule is CCS(=O)(=O)NC[C@H](C)NC1(c2cccc(C)c2)CC1. The van der Waals surface area contributed by atoms with Gasteiger partial charge in [0.15, 0.2) is 0 Å². The Balaban J connectivity index is 1.96. The van der Waals surface area contributed by atoms with Crippen molar-refractivity contribution in [2.75, 3.05) is 12.3 Å². The molecule has 4 nitrogen and oxygen atoms in total. The third-order valence-corrected chi connectivity index (χ3v) is 5.20. The molecule has 0 amide bonds. The predicted octanol–water partition coefficient (Wildman–Crippen LogP) is 1.90. The van der Waals surface area contributed by atoms with Gasteiger partial charge in [0.1, 0.15) is 0 Å². The molecule has 0 bridgehead atoms. The molecule has 1 fully saturated rings. The number of hydrogen-bond donors (Lipinski definition) is 2. The van der Waals surface area contributed by atoms with Crippen molar-refractivity contribution in [3.8, 4) is 0 Å². The molecule has 1 aromatic carbocycles. The number of rotatable bonds is 7. The lowest BCUT2D eigenvalue weighted by atomic mass is 10.0. The fourth-order valence-corrected chi connectivity index (χ4v) is 3.17. The van der Waals surface area contributed by atoms with Gasteiger partial charge in [0, 0.05) is 18.1 Å². The zero-order valence-corrected chi connectivity index (χ0v) is 13.3. The number of hydrogen-bond acceptors (Lipinski definition) is 3. The molecule has 2 rings (SSSR count). The second-order valence-corrected chi connectivity index (χ2v) is 7.84. The van der Waals surface area contributed by atoms with E-state index in [1.807, 2.05) is 6.92 Å². The quantitative estimate of drug-likeness (QED) is 0.808. The lowest BCUT2D eigenvalue weighted by Crippen LogP contribution is -2.44. The van der Waals surface area contributed by atoms with Crippen LogP contribution in [0.25, 0.3) is 0 Å². The van der Waals surface area contributed by atoms with E-state index in [0.717, 1.165) is 12.8 Å². The molecule has 0 spiro atoms. The molecule has 1 aliphatic rings. The maximum atomic E-state index is 11.5. The van der Waals surface area contributed by atoms with E-state index in [1.54, 1.807) is 6.92 Å². The summed E-state index contributed by atoms with van der Waals surface area (Å²) in [5.41, 5.74) is 2.61. The van der Waals surface area contributed by atoms with Crippen LogP contribution in [0.3, 0.4) is 0 Å². The van der Waals surface area contributed by atoms with Gasteiger partial charge in [-0.3, -0.25) is 0 Å². The third kappa shape index (κ3) is 3.81. The Labute approximate surface area is 122 Å². The highest BCUT2D eigenvalue weighted by molar-refractivity contribution is 7.89. The van der Waals surface area contributed by atoms with Gasteiger partial charge < -0.3 is 5.32 Å². The summed E-state index contributed by atoms with van der Waals surface area (Å²) in [5, 5.41) is 3.58. The van der Waals surface area contributed by atoms with Crippen molar-refractivity contribution in [2.24, 2.45) is 0 Å². The van der Waals surface area contributed by atoms with Gasteiger partial charge in [-0.15, -0.1) is 0 Å². The summed E-state index contributed by atoms with van der Waals surface area (Å²) >= 11 is 0. The third-order valence-electron chi connectivity index (χ3n) is 3.83. The Kier molecular flexibility index (Phi) is 4.52. The van der Waals surface area contributed by atoms with Crippen LogP contribution in [0, 0.1) is 6.92 Å². The van der Waals surface area contributed by atoms with Crippen LogP contribution in [0.2, 0.25) is 0 Å². The normalized spacial score (nSPS) is 18.8. The van der Waals surface area contributed by atoms with Crippen LogP contribution in [0.1, 0.15) is 37.8 Å². The molecule has 0 heterocycles. The van der Waals surface area contributed by atoms with Gasteiger partial charge in [-0.2, -0.15) is 0 Å². The number of sulfonamides is 1. The van der Waals surface area contributed by atoms with E-state index in [2.05, 4.69) is 41.2 Å². The van der Waals surface area contributed by atoms with Crippen LogP contribution in [0.5, 0.6) is 0 Å². The van der Waals surface area contributed by atoms with Crippen molar-refractivity contribution >= 4 is 10.0 Å². The van der Waals surface area contributed by atoms with Gasteiger partial charge in [0.25, 0.3) is 0 Å². The Morgan fingerprint density at radius 2 is 2.05 bits per heavy atom. The molecule has 0 aromatic heterocycles. The summed E-state index contributed by atoms with van der Waals surface area (Å²) in [6.07, 6.45) is 2.22. The summed E-state index contributed by atoms with van der Waals surface area (Å²) in [7, 11) is -3.11. The number of aryl methyl sites for hydroxylation is 1. The lowest BCUT2D eigenvalue weighted by Gasteiger charge is -2.24. The minimum absolute atomic E-state index is 0.0447. The highest BCUT2D eigenvalue weighted by Gasteiger charge is 2.44. The fourth-order valence-electron chi connectivity index (χ4n) is 2.46. The fraction of sp³-hybridized carbons (Fsp3) is 0.600. The van der Waals surface area contributed by atoms with Gasteiger partial charge in [-0.05, 0) is 39.2 Å². The van der Waals surface area contributed by atoms with Gasteiger partial charge in [0.05, 0.1) is 5.75 Å². The average molecular weight is 296 g/mol. The molecule has 2 N–H and O–H groups in total. The van der Waals surface area contributed by atoms with Crippen molar-refractivity contribution in [3.05, 3.63) is 35.4 Å². The molecule has 0 saturated heterocycles. The maximum Gasteiger partial charge on any atom is 0.211 e. The first kappa shape index (κ1) is 15.5. The van der Waals surface area contributed by atoms with Crippen molar-refractivity contribution in [1.29, 1.82) is 0 Å². The smallest absolute Gasteiger partial charge is 0.211 e. The number of benzene rings is 1. The average Bonchev–Trinajstić information content (AvgIpc) is 3.18. The monoisotopic (exact) mass is 296 g/mol. The first-order valence-electron chi connectivity index (χ1n) is 7.19. The molecule has 1 aromatic rings. The van der Waals surface area contributed by atoms with Crippen molar-refractivity contribution in [3.63, 3.8) is 0 Å². The summed E-state index contributed by atoms with van der Waals surface area (Å²) < 4.78 is 25.6. The molecule has 0 aliphatic heterocycles. The van der Waals surface area contributed by atoms with Gasteiger partial charge >= 0.3 is 0 Å². The Bertz CT molecular complexity index is 565. The van der Waals surface area contributed by atoms with E-state index in [4.69, 9.17) is 0 Å². The first-order valence-corrected chi connectivity index (χ1v) is 8.84. The van der Waals surface area contributed by atoms with Crippen molar-refractivity contribution < 1.29 is 8.42 Å². The molecule has 1 aliphatic carbocycles. The Morgan fingerprint density at radius 1 is 1.35 bits per heavy atom. The Morgan fingerprint density at radius 3 is 2.60 bits per heavy atom. The summed E-state index contributed by atoms with van der Waals surface area (Å²) in [4.78, 5) is 0. The van der Waals surface area contributed by atoms with Crippen molar-refractivity contribution in [2.45, 2.75) is 45.2 Å². The van der Waals surface area contributed by atoms with E-state index in [1.165, 1.54) is 11.1 Å². The molecular formula is C15H24N2O2S. The highest BCUT2D eigenvalue weighted by atomic mass is 32.2. The minimum Gasteiger partial charge on any atom is -0.304 e. The van der Waals surface area contributed by atoms with E-state index in [9.17, 15) is 8.42 Å². The van der Waals surface area contributed by atoms with Crippen LogP contribution < -0.4 is 10.0 Å². The predicted molar refractivity (Wildman–Crippen MR) is 82.2 cm³/mol. The molecule has 112 valence electrons. The van der Waals surface area contributed by atoms with E-state index in [0.29, 0.717) is 6.54 Å². The standard InChI is InChI=1S/C15H24N2O2S/c1-4-20(18,19)16-11-13(3)17-15(8-9-15)14-7-5-6-12(2)10-14/h5-7,10,13,16-17H,4,8-9,11H2,1-3H3/t13-/m0/s1. The van der Waals surface area contributed by atoms with E-state index >= 15 is 0 Å². The maximum absolute atomic E-state index is 11.5. The van der Waals surface area contributed by atoms with Crippen LogP contribution in [-0.2, 0) is 15.6 Å². The lowest BCUT2D eigenvalue weighted by molar-refractivity contribution is 0.434. The topological polar surface area (TPSA) is 58.2 Å². The number of nitrogens with one attached hydrogen (secondary N) is 2. The van der Waals surface area contributed by atoms with Crippen LogP contribution in [0.4, 0.5) is 0 Å². The first-order chi connectivity index (χ1) is 9.37. The largest absolute Gasteiger partial charge is 0.304 e. The molecule has 5 heteroatoms. The second-order valence-electron chi connectivity index (χ2n) is 5.75. The molecule has 20 heavy (non-hydrogen) atoms. The molecule has 0 radical (unpaired) electrons. The summed E-state index contributed by atoms with van der Waals surface area (Å²) in [5.74, 6) is 0.128. The zero-order valence-electron chi connectivity index (χ0n) is 12.4. The van der Waals surface area contributed by atoms with E-state index in [-0.39, 0.29) is 17.3 Å². The molecule has 0 unspecified atom stereocenters. The molecule has 1 saturated carbocycles. The minimum atomic E-state index is -3.11. The van der Waals surface area contributed by atoms with Crippen LogP contribution in [0.15, 0.2) is 24.3 Å². The molecule has 1 atom stereocenters. The molecular weight excluding hydrogens is 272 g/mol. The van der Waals surface area contributed by atoms with Gasteiger partial charge in [-0.25, -0.2) is 13.1 Å². The second kappa shape index (κ2) is 5.84. The van der Waals surface area contributed by atoms with Gasteiger partial charge in [-0.1, -0.05) is 29.8 Å². The highest BCUT2D eigenvalue weighted by Crippen LogP contribution is 2.45. The summed E-state index contributed by atoms with van der Waals surface area (Å²) in [6.45, 7) is 6.20. The van der Waals surface area contributed by atoms with Crippen LogP contribution in [-0.4, -0.2) is 26.8 Å². The van der Waals surface area contributed by atoms with Gasteiger partial charge in [0.2, 0.25) is 10.0 Å². The zero-order chi connectivity index (χ0) is 14.8.